The van der Waals surface area contributed by atoms with Gasteiger partial charge in [-0.15, -0.1) is 5.10 Å². The van der Waals surface area contributed by atoms with Crippen LogP contribution < -0.4 is 5.43 Å². The van der Waals surface area contributed by atoms with E-state index in [1.165, 1.54) is 0 Å². The Morgan fingerprint density at radius 1 is 1.57 bits per heavy atom. The lowest BCUT2D eigenvalue weighted by Gasteiger charge is -2.03. The standard InChI is InChI=1S/C9H7IN2O2/c10-7-3-1-2-6(4-7)9-12-11-8(5-13)14-9/h1-5,8,11H. The van der Waals surface area contributed by atoms with Gasteiger partial charge in [-0.2, -0.15) is 0 Å². The molecule has 1 N–H and O–H groups in total. The van der Waals surface area contributed by atoms with Gasteiger partial charge >= 0.3 is 0 Å². The van der Waals surface area contributed by atoms with Gasteiger partial charge in [-0.1, -0.05) is 6.07 Å². The third-order valence-corrected chi connectivity index (χ3v) is 2.40. The molecule has 5 heteroatoms. The van der Waals surface area contributed by atoms with Crippen LogP contribution >= 0.6 is 22.6 Å². The molecule has 1 aromatic rings. The molecule has 0 fully saturated rings. The fourth-order valence-electron chi connectivity index (χ4n) is 1.11. The first-order chi connectivity index (χ1) is 6.79. The van der Waals surface area contributed by atoms with E-state index in [4.69, 9.17) is 4.74 Å². The van der Waals surface area contributed by atoms with Gasteiger partial charge in [0.2, 0.25) is 12.1 Å². The Hall–Kier alpha value is -1.11. The maximum atomic E-state index is 10.4. The maximum Gasteiger partial charge on any atom is 0.242 e. The largest absolute Gasteiger partial charge is 0.444 e. The summed E-state index contributed by atoms with van der Waals surface area (Å²) in [5.74, 6) is 0.459. The van der Waals surface area contributed by atoms with E-state index in [1.807, 2.05) is 24.3 Å². The number of hydrogen-bond acceptors (Lipinski definition) is 4. The van der Waals surface area contributed by atoms with Crippen molar-refractivity contribution in [2.45, 2.75) is 6.23 Å². The first kappa shape index (κ1) is 9.45. The number of halogens is 1. The van der Waals surface area contributed by atoms with E-state index in [0.29, 0.717) is 12.2 Å². The van der Waals surface area contributed by atoms with Gasteiger partial charge in [0.1, 0.15) is 0 Å². The molecule has 1 aromatic carbocycles. The van der Waals surface area contributed by atoms with Crippen molar-refractivity contribution in [2.75, 3.05) is 0 Å². The minimum absolute atomic E-state index is 0.459. The van der Waals surface area contributed by atoms with Gasteiger partial charge in [-0.3, -0.25) is 10.2 Å². The number of rotatable bonds is 2. The van der Waals surface area contributed by atoms with E-state index in [-0.39, 0.29) is 0 Å². The molecule has 0 aromatic heterocycles. The summed E-state index contributed by atoms with van der Waals surface area (Å²) in [5.41, 5.74) is 3.44. The number of nitrogens with zero attached hydrogens (tertiary/aromatic N) is 1. The first-order valence-corrected chi connectivity index (χ1v) is 5.08. The van der Waals surface area contributed by atoms with E-state index in [9.17, 15) is 4.79 Å². The number of aldehydes is 1. The molecule has 0 saturated carbocycles. The Labute approximate surface area is 94.5 Å². The van der Waals surface area contributed by atoms with Crippen LogP contribution in [0.15, 0.2) is 29.4 Å². The van der Waals surface area contributed by atoms with Gasteiger partial charge in [-0.05, 0) is 40.8 Å². The Morgan fingerprint density at radius 2 is 2.43 bits per heavy atom. The minimum Gasteiger partial charge on any atom is -0.444 e. The van der Waals surface area contributed by atoms with Crippen LogP contribution in [0, 0.1) is 3.57 Å². The van der Waals surface area contributed by atoms with Crippen LogP contribution in [0.25, 0.3) is 0 Å². The summed E-state index contributed by atoms with van der Waals surface area (Å²) in [6, 6.07) is 7.71. The average Bonchev–Trinajstić information content (AvgIpc) is 2.66. The van der Waals surface area contributed by atoms with Crippen LogP contribution in [0.1, 0.15) is 5.56 Å². The molecule has 0 spiro atoms. The van der Waals surface area contributed by atoms with Crippen LogP contribution in [0.3, 0.4) is 0 Å². The third kappa shape index (κ3) is 1.87. The van der Waals surface area contributed by atoms with Gasteiger partial charge in [0, 0.05) is 9.13 Å². The Balaban J connectivity index is 2.21. The lowest BCUT2D eigenvalue weighted by molar-refractivity contribution is -0.114. The molecule has 0 radical (unpaired) electrons. The monoisotopic (exact) mass is 302 g/mol. The van der Waals surface area contributed by atoms with Crippen molar-refractivity contribution in [1.82, 2.24) is 5.43 Å². The minimum atomic E-state index is -0.650. The lowest BCUT2D eigenvalue weighted by atomic mass is 10.2. The summed E-state index contributed by atoms with van der Waals surface area (Å²) in [6.45, 7) is 0. The van der Waals surface area contributed by atoms with Crippen LogP contribution in [0.5, 0.6) is 0 Å². The number of hydrazone groups is 1. The highest BCUT2D eigenvalue weighted by molar-refractivity contribution is 14.1. The molecule has 1 atom stereocenters. The second-order valence-corrected chi connectivity index (χ2v) is 3.98. The molecule has 0 bridgehead atoms. The van der Waals surface area contributed by atoms with Crippen LogP contribution in [-0.2, 0) is 9.53 Å². The van der Waals surface area contributed by atoms with Crippen LogP contribution in [0.4, 0.5) is 0 Å². The predicted octanol–water partition coefficient (Wildman–Crippen LogP) is 1.10. The normalized spacial score (nSPS) is 19.5. The van der Waals surface area contributed by atoms with E-state index >= 15 is 0 Å². The summed E-state index contributed by atoms with van der Waals surface area (Å²) in [7, 11) is 0. The molecule has 72 valence electrons. The second kappa shape index (κ2) is 3.95. The first-order valence-electron chi connectivity index (χ1n) is 4.01. The zero-order valence-electron chi connectivity index (χ0n) is 7.11. The summed E-state index contributed by atoms with van der Waals surface area (Å²) >= 11 is 2.21. The number of benzene rings is 1. The summed E-state index contributed by atoms with van der Waals surface area (Å²) < 4.78 is 6.32. The SMILES string of the molecule is O=CC1NN=C(c2cccc(I)c2)O1. The zero-order chi connectivity index (χ0) is 9.97. The summed E-state index contributed by atoms with van der Waals surface area (Å²) in [4.78, 5) is 10.4. The van der Waals surface area contributed by atoms with Gasteiger partial charge in [0.25, 0.3) is 0 Å². The highest BCUT2D eigenvalue weighted by atomic mass is 127. The fraction of sp³-hybridized carbons (Fsp3) is 0.111. The van der Waals surface area contributed by atoms with Gasteiger partial charge < -0.3 is 4.74 Å². The summed E-state index contributed by atoms with van der Waals surface area (Å²) in [6.07, 6.45) is 0.0209. The van der Waals surface area contributed by atoms with Gasteiger partial charge in [0.05, 0.1) is 0 Å². The number of carbonyl (C=O) groups is 1. The van der Waals surface area contributed by atoms with Crippen molar-refractivity contribution in [2.24, 2.45) is 5.10 Å². The molecule has 1 aliphatic rings. The number of ether oxygens (including phenoxy) is 1. The molecule has 0 saturated heterocycles. The van der Waals surface area contributed by atoms with Crippen molar-refractivity contribution < 1.29 is 9.53 Å². The Morgan fingerprint density at radius 3 is 3.07 bits per heavy atom. The van der Waals surface area contributed by atoms with Crippen molar-refractivity contribution in [3.63, 3.8) is 0 Å². The van der Waals surface area contributed by atoms with Crippen molar-refractivity contribution >= 4 is 34.8 Å². The fourth-order valence-corrected chi connectivity index (χ4v) is 1.65. The molecule has 14 heavy (non-hydrogen) atoms. The molecule has 1 aliphatic heterocycles. The van der Waals surface area contributed by atoms with Crippen LogP contribution in [-0.4, -0.2) is 18.4 Å². The Bertz CT molecular complexity index is 392. The predicted molar refractivity (Wildman–Crippen MR) is 59.8 cm³/mol. The molecule has 1 heterocycles. The number of carbonyl (C=O) groups excluding carboxylic acids is 1. The molecule has 1 unspecified atom stereocenters. The van der Waals surface area contributed by atoms with Crippen molar-refractivity contribution in [3.05, 3.63) is 33.4 Å². The zero-order valence-corrected chi connectivity index (χ0v) is 9.26. The smallest absolute Gasteiger partial charge is 0.242 e. The van der Waals surface area contributed by atoms with Gasteiger partial charge in [0.15, 0.2) is 6.29 Å². The summed E-state index contributed by atoms with van der Waals surface area (Å²) in [5, 5.41) is 3.91. The van der Waals surface area contributed by atoms with E-state index < -0.39 is 6.23 Å². The van der Waals surface area contributed by atoms with Crippen molar-refractivity contribution in [1.29, 1.82) is 0 Å². The Kier molecular flexibility index (Phi) is 2.67. The van der Waals surface area contributed by atoms with E-state index in [2.05, 4.69) is 33.1 Å². The molecular weight excluding hydrogens is 295 g/mol. The molecule has 4 nitrogen and oxygen atoms in total. The van der Waals surface area contributed by atoms with Gasteiger partial charge in [-0.25, -0.2) is 0 Å². The molecule has 0 amide bonds. The highest BCUT2D eigenvalue weighted by Gasteiger charge is 2.19. The quantitative estimate of drug-likeness (QED) is 0.657. The number of hydrogen-bond donors (Lipinski definition) is 1. The van der Waals surface area contributed by atoms with E-state index in [1.54, 1.807) is 0 Å². The molecule has 2 rings (SSSR count). The highest BCUT2D eigenvalue weighted by Crippen LogP contribution is 2.12. The average molecular weight is 302 g/mol. The van der Waals surface area contributed by atoms with Crippen LogP contribution in [0.2, 0.25) is 0 Å². The van der Waals surface area contributed by atoms with Crippen molar-refractivity contribution in [3.8, 4) is 0 Å². The molecule has 0 aliphatic carbocycles. The lowest BCUT2D eigenvalue weighted by Crippen LogP contribution is -2.23. The third-order valence-electron chi connectivity index (χ3n) is 1.73. The number of nitrogens with one attached hydrogen (secondary N) is 1. The second-order valence-electron chi connectivity index (χ2n) is 2.73. The topological polar surface area (TPSA) is 50.7 Å². The molecular formula is C9H7IN2O2. The maximum absolute atomic E-state index is 10.4. The van der Waals surface area contributed by atoms with E-state index in [0.717, 1.165) is 9.13 Å².